The molecule has 43 heavy (non-hydrogen) atoms. The third kappa shape index (κ3) is 5.73. The Hall–Kier alpha value is -4.61. The summed E-state index contributed by atoms with van der Waals surface area (Å²) in [4.78, 5) is 29.7. The average Bonchev–Trinajstić information content (AvgIpc) is 3.59. The van der Waals surface area contributed by atoms with Gasteiger partial charge in [0.05, 0.1) is 11.7 Å². The Balaban J connectivity index is 1.36. The Morgan fingerprint density at radius 1 is 1.09 bits per heavy atom. The number of rotatable bonds is 8. The van der Waals surface area contributed by atoms with Gasteiger partial charge in [0, 0.05) is 58.3 Å². The molecule has 1 amide bonds. The summed E-state index contributed by atoms with van der Waals surface area (Å²) in [7, 11) is 0. The number of nitrogens with one attached hydrogen (secondary N) is 2. The highest BCUT2D eigenvalue weighted by Crippen LogP contribution is 2.39. The number of nitrogens with zero attached hydrogens (tertiary/aromatic N) is 5. The van der Waals surface area contributed by atoms with Gasteiger partial charge in [0.25, 0.3) is 6.43 Å². The maximum atomic E-state index is 14.2. The molecule has 6 rings (SSSR count). The smallest absolute Gasteiger partial charge is 0.282 e. The van der Waals surface area contributed by atoms with Crippen LogP contribution in [0.5, 0.6) is 0 Å². The highest BCUT2D eigenvalue weighted by atomic mass is 19.3. The molecule has 0 bridgehead atoms. The van der Waals surface area contributed by atoms with E-state index < -0.39 is 30.0 Å². The zero-order chi connectivity index (χ0) is 30.2. The zero-order valence-corrected chi connectivity index (χ0v) is 23.5. The van der Waals surface area contributed by atoms with E-state index in [1.807, 2.05) is 19.1 Å². The van der Waals surface area contributed by atoms with Crippen LogP contribution in [0.15, 0.2) is 55.2 Å². The maximum Gasteiger partial charge on any atom is 0.282 e. The molecule has 0 saturated heterocycles. The van der Waals surface area contributed by atoms with Crippen molar-refractivity contribution in [3.05, 3.63) is 95.1 Å². The van der Waals surface area contributed by atoms with Crippen molar-refractivity contribution in [1.82, 2.24) is 35.0 Å². The number of carbonyl (C=O) groups is 1. The fourth-order valence-electron chi connectivity index (χ4n) is 5.97. The van der Waals surface area contributed by atoms with Gasteiger partial charge in [-0.3, -0.25) is 9.48 Å². The van der Waals surface area contributed by atoms with Crippen LogP contribution in [0.3, 0.4) is 0 Å². The van der Waals surface area contributed by atoms with E-state index in [4.69, 9.17) is 0 Å². The second kappa shape index (κ2) is 11.6. The molecule has 5 aromatic rings. The molecule has 222 valence electrons. The van der Waals surface area contributed by atoms with Gasteiger partial charge < -0.3 is 10.3 Å². The molecule has 0 fully saturated rings. The summed E-state index contributed by atoms with van der Waals surface area (Å²) in [5.41, 5.74) is 3.49. The van der Waals surface area contributed by atoms with Gasteiger partial charge in [0.1, 0.15) is 35.8 Å². The SMILES string of the molecule is C[C@@H]1CCc2c(C(F)F)nn(CC(=O)N[C@H](Cc3cc(F)cc(F)c3)c3ncncc3-c3cnc4[nH]ccc4c3)c2[C@@H]1C. The van der Waals surface area contributed by atoms with Crippen LogP contribution in [0.25, 0.3) is 22.2 Å². The summed E-state index contributed by atoms with van der Waals surface area (Å²) in [6.07, 6.45) is 4.80. The second-order valence-corrected chi connectivity index (χ2v) is 11.1. The average molecular weight is 592 g/mol. The molecular weight excluding hydrogens is 562 g/mol. The molecule has 0 aliphatic heterocycles. The Morgan fingerprint density at radius 3 is 2.65 bits per heavy atom. The van der Waals surface area contributed by atoms with E-state index in [-0.39, 0.29) is 30.5 Å². The number of hydrogen-bond donors (Lipinski definition) is 2. The minimum atomic E-state index is -2.76. The summed E-state index contributed by atoms with van der Waals surface area (Å²) >= 11 is 0. The number of carbonyl (C=O) groups excluding carboxylic acids is 1. The summed E-state index contributed by atoms with van der Waals surface area (Å²) in [5, 5.41) is 7.94. The Bertz CT molecular complexity index is 1780. The number of aromatic amines is 1. The van der Waals surface area contributed by atoms with E-state index in [0.717, 1.165) is 17.9 Å². The number of H-pyrrole nitrogens is 1. The van der Waals surface area contributed by atoms with Crippen LogP contribution in [0.4, 0.5) is 17.6 Å². The van der Waals surface area contributed by atoms with Gasteiger partial charge >= 0.3 is 0 Å². The molecule has 3 atom stereocenters. The summed E-state index contributed by atoms with van der Waals surface area (Å²) < 4.78 is 57.5. The monoisotopic (exact) mass is 591 g/mol. The minimum Gasteiger partial charge on any atom is -0.346 e. The van der Waals surface area contributed by atoms with Crippen LogP contribution in [-0.4, -0.2) is 35.6 Å². The topological polar surface area (TPSA) is 101 Å². The Labute approximate surface area is 244 Å². The lowest BCUT2D eigenvalue weighted by Gasteiger charge is -2.27. The van der Waals surface area contributed by atoms with E-state index in [2.05, 4.69) is 37.3 Å². The number of aromatic nitrogens is 6. The fraction of sp³-hybridized carbons (Fsp3) is 0.323. The van der Waals surface area contributed by atoms with Gasteiger partial charge in [0.15, 0.2) is 0 Å². The molecule has 1 aliphatic rings. The lowest BCUT2D eigenvalue weighted by atomic mass is 9.80. The fourth-order valence-corrected chi connectivity index (χ4v) is 5.97. The molecule has 12 heteroatoms. The summed E-state index contributed by atoms with van der Waals surface area (Å²) in [6, 6.07) is 6.06. The van der Waals surface area contributed by atoms with Crippen molar-refractivity contribution in [2.45, 2.75) is 58.0 Å². The van der Waals surface area contributed by atoms with Crippen molar-refractivity contribution in [1.29, 1.82) is 0 Å². The van der Waals surface area contributed by atoms with Crippen molar-refractivity contribution >= 4 is 16.9 Å². The first-order chi connectivity index (χ1) is 20.7. The highest BCUT2D eigenvalue weighted by molar-refractivity contribution is 5.82. The molecule has 1 aromatic carbocycles. The molecule has 0 unspecified atom stereocenters. The first-order valence-corrected chi connectivity index (χ1v) is 14.0. The van der Waals surface area contributed by atoms with Crippen LogP contribution < -0.4 is 5.32 Å². The number of hydrogen-bond acceptors (Lipinski definition) is 5. The summed E-state index contributed by atoms with van der Waals surface area (Å²) in [6.45, 7) is 3.70. The lowest BCUT2D eigenvalue weighted by molar-refractivity contribution is -0.122. The van der Waals surface area contributed by atoms with E-state index in [1.54, 1.807) is 18.6 Å². The van der Waals surface area contributed by atoms with E-state index in [9.17, 15) is 22.4 Å². The van der Waals surface area contributed by atoms with Crippen molar-refractivity contribution in [3.63, 3.8) is 0 Å². The number of pyridine rings is 1. The van der Waals surface area contributed by atoms with Gasteiger partial charge in [-0.25, -0.2) is 32.5 Å². The molecule has 0 saturated carbocycles. The number of halogens is 4. The highest BCUT2D eigenvalue weighted by Gasteiger charge is 2.33. The standard InChI is InChI=1S/C31H29F4N7O/c1-16-3-4-23-28(30(34)35)41-42(29(23)17(16)2)14-26(43)40-25(9-18-7-21(32)11-22(33)8-18)27-24(13-36-15-39-27)20-10-19-5-6-37-31(19)38-12-20/h5-8,10-13,15-17,25,30H,3-4,9,14H2,1-2H3,(H,37,38)(H,40,43)/t16-,17-,25-/m1/s1. The van der Waals surface area contributed by atoms with Crippen LogP contribution in [0.1, 0.15) is 66.9 Å². The molecule has 8 nitrogen and oxygen atoms in total. The third-order valence-electron chi connectivity index (χ3n) is 8.24. The number of benzene rings is 1. The Morgan fingerprint density at radius 2 is 1.88 bits per heavy atom. The molecule has 0 radical (unpaired) electrons. The molecule has 4 aromatic heterocycles. The molecule has 0 spiro atoms. The predicted octanol–water partition coefficient (Wildman–Crippen LogP) is 6.22. The van der Waals surface area contributed by atoms with Crippen LogP contribution >= 0.6 is 0 Å². The summed E-state index contributed by atoms with van der Waals surface area (Å²) in [5.74, 6) is -1.84. The van der Waals surface area contributed by atoms with Crippen molar-refractivity contribution in [2.24, 2.45) is 5.92 Å². The van der Waals surface area contributed by atoms with Gasteiger partial charge in [-0.15, -0.1) is 0 Å². The zero-order valence-electron chi connectivity index (χ0n) is 23.5. The van der Waals surface area contributed by atoms with E-state index >= 15 is 0 Å². The first kappa shape index (κ1) is 28.5. The second-order valence-electron chi connectivity index (χ2n) is 11.1. The van der Waals surface area contributed by atoms with Crippen LogP contribution in [-0.2, 0) is 24.2 Å². The number of amides is 1. The van der Waals surface area contributed by atoms with Crippen molar-refractivity contribution in [2.75, 3.05) is 0 Å². The maximum absolute atomic E-state index is 14.2. The van der Waals surface area contributed by atoms with E-state index in [1.165, 1.54) is 23.1 Å². The van der Waals surface area contributed by atoms with Gasteiger partial charge in [-0.1, -0.05) is 13.8 Å². The van der Waals surface area contributed by atoms with Gasteiger partial charge in [0.2, 0.25) is 5.91 Å². The minimum absolute atomic E-state index is 0.00278. The van der Waals surface area contributed by atoms with E-state index in [0.29, 0.717) is 45.7 Å². The quantitative estimate of drug-likeness (QED) is 0.209. The normalized spacial score (nSPS) is 17.3. The molecular formula is C31H29F4N7O. The third-order valence-corrected chi connectivity index (χ3v) is 8.24. The number of fused-ring (bicyclic) bond motifs is 2. The molecule has 2 N–H and O–H groups in total. The number of alkyl halides is 2. The van der Waals surface area contributed by atoms with Crippen LogP contribution in [0, 0.1) is 17.6 Å². The van der Waals surface area contributed by atoms with Crippen LogP contribution in [0.2, 0.25) is 0 Å². The van der Waals surface area contributed by atoms with Crippen molar-refractivity contribution in [3.8, 4) is 11.1 Å². The lowest BCUT2D eigenvalue weighted by Crippen LogP contribution is -2.35. The van der Waals surface area contributed by atoms with Gasteiger partial charge in [-0.2, -0.15) is 5.10 Å². The Kier molecular flexibility index (Phi) is 7.68. The predicted molar refractivity (Wildman–Crippen MR) is 151 cm³/mol. The van der Waals surface area contributed by atoms with Gasteiger partial charge in [-0.05, 0) is 55.0 Å². The first-order valence-electron chi connectivity index (χ1n) is 14.0. The molecule has 4 heterocycles. The largest absolute Gasteiger partial charge is 0.346 e. The molecule has 1 aliphatic carbocycles. The van der Waals surface area contributed by atoms with Crippen molar-refractivity contribution < 1.29 is 22.4 Å².